The first-order chi connectivity index (χ1) is 31.6. The van der Waals surface area contributed by atoms with Crippen molar-refractivity contribution < 1.29 is 28.4 Å². The maximum Gasteiger partial charge on any atom is 0.289 e. The number of aryl methyl sites for hydroxylation is 4. The summed E-state index contributed by atoms with van der Waals surface area (Å²) < 4.78 is 13.3. The average Bonchev–Trinajstić information content (AvgIpc) is 3.55. The minimum absolute atomic E-state index is 0.00403. The number of fused-ring (bicyclic) bond motifs is 4. The maximum absolute atomic E-state index is 13.8. The van der Waals surface area contributed by atoms with Crippen molar-refractivity contribution in [3.8, 4) is 16.9 Å². The number of imidazole rings is 1. The monoisotopic (exact) mass is 879 g/mol. The number of carbonyl (C=O) groups is 4. The van der Waals surface area contributed by atoms with E-state index in [1.165, 1.54) is 0 Å². The lowest BCUT2D eigenvalue weighted by Crippen LogP contribution is -2.52. The minimum atomic E-state index is -0.663. The van der Waals surface area contributed by atoms with Crippen LogP contribution >= 0.6 is 0 Å². The highest BCUT2D eigenvalue weighted by atomic mass is 16.5. The lowest BCUT2D eigenvalue weighted by molar-refractivity contribution is -0.136. The van der Waals surface area contributed by atoms with Crippen LogP contribution in [0, 0.1) is 13.8 Å². The standard InChI is InChI=1S/C46H49N13O6/c1-5-59-37(20-32(56-59)25-11-12-25)52-42-40-28-19-35(64-4)29(39-23(2)57-65-24(39)3)18-33(28)51-41(40)54-43(55-42)45(62)48-17-15-26-21-49-36(50-26)10-7-16-47-31-9-6-8-27-30(31)22-58(46(27)63)34-13-14-38(60)53-44(34)61/h6,8-9,18-21,25,34,47H,5,7,10-17,22H2,1-4H3,(H,48,62)(H,49,50)(H,53,60,61)(H2,51,52,54,55). The van der Waals surface area contributed by atoms with Gasteiger partial charge in [-0.05, 0) is 70.7 Å². The first kappa shape index (κ1) is 41.4. The van der Waals surface area contributed by atoms with E-state index in [9.17, 15) is 19.2 Å². The molecule has 0 spiro atoms. The molecule has 334 valence electrons. The van der Waals surface area contributed by atoms with E-state index in [0.29, 0.717) is 85.3 Å². The van der Waals surface area contributed by atoms with Gasteiger partial charge in [-0.2, -0.15) is 5.10 Å². The highest BCUT2D eigenvalue weighted by molar-refractivity contribution is 6.14. The van der Waals surface area contributed by atoms with Gasteiger partial charge in [0.1, 0.15) is 40.7 Å². The molecule has 2 aromatic carbocycles. The number of H-pyrrole nitrogens is 2. The summed E-state index contributed by atoms with van der Waals surface area (Å²) in [5, 5.41) is 22.8. The Morgan fingerprint density at radius 3 is 2.65 bits per heavy atom. The molecule has 0 radical (unpaired) electrons. The van der Waals surface area contributed by atoms with Crippen molar-refractivity contribution in [1.82, 2.24) is 55.4 Å². The maximum atomic E-state index is 13.8. The van der Waals surface area contributed by atoms with Crippen molar-refractivity contribution in [2.24, 2.45) is 0 Å². The molecule has 19 heteroatoms. The number of aromatic amines is 2. The molecular weight excluding hydrogens is 831 g/mol. The van der Waals surface area contributed by atoms with E-state index in [1.807, 2.05) is 49.7 Å². The van der Waals surface area contributed by atoms with Crippen molar-refractivity contribution in [1.29, 1.82) is 0 Å². The summed E-state index contributed by atoms with van der Waals surface area (Å²) in [7, 11) is 1.63. The number of benzene rings is 2. The van der Waals surface area contributed by atoms with Crippen LogP contribution in [0.2, 0.25) is 0 Å². The van der Waals surface area contributed by atoms with Crippen molar-refractivity contribution in [2.75, 3.05) is 30.8 Å². The highest BCUT2D eigenvalue weighted by Crippen LogP contribution is 2.43. The van der Waals surface area contributed by atoms with E-state index < -0.39 is 17.9 Å². The van der Waals surface area contributed by atoms with E-state index in [-0.39, 0.29) is 24.1 Å². The van der Waals surface area contributed by atoms with Crippen LogP contribution < -0.4 is 26.0 Å². The molecule has 2 fully saturated rings. The van der Waals surface area contributed by atoms with E-state index >= 15 is 0 Å². The molecule has 10 rings (SSSR count). The van der Waals surface area contributed by atoms with Crippen LogP contribution in [0.1, 0.15) is 100 Å². The van der Waals surface area contributed by atoms with Crippen LogP contribution in [-0.2, 0) is 35.5 Å². The number of carbonyl (C=O) groups excluding carboxylic acids is 4. The fourth-order valence-corrected chi connectivity index (χ4v) is 9.01. The van der Waals surface area contributed by atoms with Crippen LogP contribution in [0.3, 0.4) is 0 Å². The molecule has 7 aromatic rings. The molecule has 0 bridgehead atoms. The number of methoxy groups -OCH3 is 1. The zero-order valence-corrected chi connectivity index (χ0v) is 36.6. The van der Waals surface area contributed by atoms with Gasteiger partial charge >= 0.3 is 0 Å². The zero-order chi connectivity index (χ0) is 44.9. The molecule has 1 atom stereocenters. The molecule has 1 unspecified atom stereocenters. The molecule has 6 N–H and O–H groups in total. The number of anilines is 3. The smallest absolute Gasteiger partial charge is 0.289 e. The Morgan fingerprint density at radius 2 is 1.88 bits per heavy atom. The third kappa shape index (κ3) is 7.90. The Kier molecular flexibility index (Phi) is 10.7. The van der Waals surface area contributed by atoms with Crippen LogP contribution in [0.15, 0.2) is 47.1 Å². The van der Waals surface area contributed by atoms with Crippen molar-refractivity contribution >= 4 is 62.9 Å². The number of rotatable bonds is 16. The predicted molar refractivity (Wildman–Crippen MR) is 240 cm³/mol. The summed E-state index contributed by atoms with van der Waals surface area (Å²) in [6, 6.07) is 10.9. The number of nitrogens with one attached hydrogen (secondary N) is 6. The second kappa shape index (κ2) is 16.9. The van der Waals surface area contributed by atoms with Gasteiger partial charge in [-0.25, -0.2) is 19.6 Å². The Labute approximate surface area is 372 Å². The first-order valence-corrected chi connectivity index (χ1v) is 22.1. The third-order valence-electron chi connectivity index (χ3n) is 12.5. The summed E-state index contributed by atoms with van der Waals surface area (Å²) in [6.07, 6.45) is 6.49. The summed E-state index contributed by atoms with van der Waals surface area (Å²) in [5.74, 6) is 2.45. The van der Waals surface area contributed by atoms with E-state index in [2.05, 4.69) is 47.4 Å². The van der Waals surface area contributed by atoms with Gasteiger partial charge in [0.05, 0.1) is 29.4 Å². The SMILES string of the molecule is CCn1nc(C2CC2)cc1Nc1nc(C(=O)NCCc2cnc(CCCNc3cccc4c3CN(C3CCC(=O)NC3=O)C4=O)[nH]2)nc2[nH]c3cc(-c4c(C)noc4C)c(OC)cc3c12. The highest BCUT2D eigenvalue weighted by Gasteiger charge is 2.40. The van der Waals surface area contributed by atoms with Gasteiger partial charge in [0.2, 0.25) is 17.6 Å². The molecule has 1 saturated heterocycles. The fourth-order valence-electron chi connectivity index (χ4n) is 9.01. The Bertz CT molecular complexity index is 3010. The molecule has 1 aliphatic carbocycles. The Morgan fingerprint density at radius 1 is 1.02 bits per heavy atom. The van der Waals surface area contributed by atoms with E-state index in [4.69, 9.17) is 24.3 Å². The second-order valence-corrected chi connectivity index (χ2v) is 16.8. The van der Waals surface area contributed by atoms with Crippen molar-refractivity contribution in [3.63, 3.8) is 0 Å². The van der Waals surface area contributed by atoms with Crippen LogP contribution in [0.5, 0.6) is 5.75 Å². The van der Waals surface area contributed by atoms with Crippen LogP contribution in [-0.4, -0.2) is 94.6 Å². The average molecular weight is 880 g/mol. The van der Waals surface area contributed by atoms with Gasteiger partial charge < -0.3 is 40.1 Å². The molecule has 3 aliphatic rings. The summed E-state index contributed by atoms with van der Waals surface area (Å²) in [5.41, 5.74) is 7.83. The molecule has 2 aliphatic heterocycles. The summed E-state index contributed by atoms with van der Waals surface area (Å²) in [4.78, 5) is 73.7. The Balaban J connectivity index is 0.808. The number of hydrogen-bond donors (Lipinski definition) is 6. The van der Waals surface area contributed by atoms with E-state index in [1.54, 1.807) is 24.3 Å². The molecule has 19 nitrogen and oxygen atoms in total. The van der Waals surface area contributed by atoms with E-state index in [0.717, 1.165) is 81.3 Å². The van der Waals surface area contributed by atoms with Crippen molar-refractivity contribution in [2.45, 2.75) is 90.8 Å². The number of ether oxygens (including phenoxy) is 1. The first-order valence-electron chi connectivity index (χ1n) is 22.1. The fraction of sp³-hybridized carbons (Fsp3) is 0.370. The van der Waals surface area contributed by atoms with Crippen LogP contribution in [0.25, 0.3) is 33.1 Å². The van der Waals surface area contributed by atoms with Gasteiger partial charge in [0.25, 0.3) is 11.8 Å². The number of imide groups is 1. The second-order valence-electron chi connectivity index (χ2n) is 16.8. The minimum Gasteiger partial charge on any atom is -0.496 e. The van der Waals surface area contributed by atoms with Gasteiger partial charge in [0.15, 0.2) is 0 Å². The zero-order valence-electron chi connectivity index (χ0n) is 36.6. The largest absolute Gasteiger partial charge is 0.496 e. The molecule has 4 amide bonds. The molecule has 1 saturated carbocycles. The number of piperidine rings is 1. The van der Waals surface area contributed by atoms with Crippen molar-refractivity contribution in [3.05, 3.63) is 88.2 Å². The van der Waals surface area contributed by atoms with Gasteiger partial charge in [-0.15, -0.1) is 0 Å². The molecule has 7 heterocycles. The molecular formula is C46H49N13O6. The van der Waals surface area contributed by atoms with Gasteiger partial charge in [-0.1, -0.05) is 11.2 Å². The lowest BCUT2D eigenvalue weighted by Gasteiger charge is -2.29. The third-order valence-corrected chi connectivity index (χ3v) is 12.5. The normalized spacial score (nSPS) is 16.1. The van der Waals surface area contributed by atoms with Gasteiger partial charge in [0, 0.05) is 103 Å². The topological polar surface area (TPSA) is 243 Å². The van der Waals surface area contributed by atoms with Crippen LogP contribution in [0.4, 0.5) is 17.3 Å². The predicted octanol–water partition coefficient (Wildman–Crippen LogP) is 5.73. The quantitative estimate of drug-likeness (QED) is 0.0503. The molecule has 5 aromatic heterocycles. The number of hydrogen-bond acceptors (Lipinski definition) is 13. The summed E-state index contributed by atoms with van der Waals surface area (Å²) >= 11 is 0. The molecule has 65 heavy (non-hydrogen) atoms. The lowest BCUT2D eigenvalue weighted by atomic mass is 10.0. The summed E-state index contributed by atoms with van der Waals surface area (Å²) in [6.45, 7) is 7.70. The Hall–Kier alpha value is -7.57. The number of amides is 4. The number of nitrogens with zero attached hydrogens (tertiary/aromatic N) is 7. The number of aromatic nitrogens is 8. The van der Waals surface area contributed by atoms with Gasteiger partial charge in [-0.3, -0.25) is 24.5 Å².